The summed E-state index contributed by atoms with van der Waals surface area (Å²) in [5.41, 5.74) is 0. The Balaban J connectivity index is 2.64. The minimum atomic E-state index is -0.969. The van der Waals surface area contributed by atoms with Crippen LogP contribution in [0.5, 0.6) is 0 Å². The molecule has 19 heavy (non-hydrogen) atoms. The Hall–Kier alpha value is -1.26. The number of nitrogens with zero attached hydrogens (tertiary/aromatic N) is 1. The summed E-state index contributed by atoms with van der Waals surface area (Å²) < 4.78 is 0. The fourth-order valence-electron chi connectivity index (χ4n) is 2.69. The van der Waals surface area contributed by atoms with E-state index in [1.807, 2.05) is 6.92 Å². The summed E-state index contributed by atoms with van der Waals surface area (Å²) in [5.74, 6) is -1.09. The van der Waals surface area contributed by atoms with Crippen LogP contribution in [-0.2, 0) is 4.79 Å². The van der Waals surface area contributed by atoms with E-state index in [-0.39, 0.29) is 18.0 Å². The molecular weight excluding hydrogens is 244 g/mol. The van der Waals surface area contributed by atoms with Crippen LogP contribution in [0.3, 0.4) is 0 Å². The fourth-order valence-corrected chi connectivity index (χ4v) is 2.69. The van der Waals surface area contributed by atoms with Gasteiger partial charge < -0.3 is 15.3 Å². The average Bonchev–Trinajstić information content (AvgIpc) is 2.37. The van der Waals surface area contributed by atoms with E-state index < -0.39 is 12.0 Å². The third kappa shape index (κ3) is 4.40. The maximum absolute atomic E-state index is 12.2. The van der Waals surface area contributed by atoms with Gasteiger partial charge in [-0.15, -0.1) is 0 Å². The second-order valence-corrected chi connectivity index (χ2v) is 5.59. The summed E-state index contributed by atoms with van der Waals surface area (Å²) in [6.07, 6.45) is 5.60. The van der Waals surface area contributed by atoms with Crippen molar-refractivity contribution >= 4 is 12.0 Å². The molecule has 1 fully saturated rings. The van der Waals surface area contributed by atoms with Crippen LogP contribution >= 0.6 is 0 Å². The van der Waals surface area contributed by atoms with Crippen LogP contribution in [-0.4, -0.2) is 40.6 Å². The Morgan fingerprint density at radius 3 is 2.26 bits per heavy atom. The maximum atomic E-state index is 12.2. The van der Waals surface area contributed by atoms with Crippen molar-refractivity contribution in [2.24, 2.45) is 5.92 Å². The highest BCUT2D eigenvalue weighted by atomic mass is 16.4. The van der Waals surface area contributed by atoms with E-state index in [9.17, 15) is 9.59 Å². The number of rotatable bonds is 5. The van der Waals surface area contributed by atoms with Crippen LogP contribution in [0.25, 0.3) is 0 Å². The lowest BCUT2D eigenvalue weighted by atomic mass is 9.94. The van der Waals surface area contributed by atoms with Gasteiger partial charge in [0.2, 0.25) is 0 Å². The van der Waals surface area contributed by atoms with Gasteiger partial charge in [-0.05, 0) is 25.7 Å². The number of amides is 2. The molecule has 0 aromatic heterocycles. The molecule has 2 amide bonds. The third-order valence-electron chi connectivity index (χ3n) is 3.83. The predicted molar refractivity (Wildman–Crippen MR) is 74.0 cm³/mol. The number of hydrogen-bond donors (Lipinski definition) is 2. The van der Waals surface area contributed by atoms with E-state index >= 15 is 0 Å². The first kappa shape index (κ1) is 15.8. The van der Waals surface area contributed by atoms with Crippen molar-refractivity contribution in [3.63, 3.8) is 0 Å². The Bertz CT molecular complexity index is 312. The molecule has 110 valence electrons. The molecule has 0 unspecified atom stereocenters. The molecule has 5 heteroatoms. The summed E-state index contributed by atoms with van der Waals surface area (Å²) in [4.78, 5) is 25.2. The van der Waals surface area contributed by atoms with Crippen LogP contribution in [0.4, 0.5) is 4.79 Å². The second kappa shape index (κ2) is 7.36. The van der Waals surface area contributed by atoms with Crippen molar-refractivity contribution in [3.8, 4) is 0 Å². The number of nitrogens with one attached hydrogen (secondary N) is 1. The van der Waals surface area contributed by atoms with E-state index in [0.717, 1.165) is 25.7 Å². The van der Waals surface area contributed by atoms with Crippen LogP contribution < -0.4 is 5.32 Å². The van der Waals surface area contributed by atoms with Crippen LogP contribution in [0.2, 0.25) is 0 Å². The van der Waals surface area contributed by atoms with Gasteiger partial charge in [0, 0.05) is 12.6 Å². The molecule has 0 aliphatic heterocycles. The van der Waals surface area contributed by atoms with Crippen molar-refractivity contribution in [2.75, 3.05) is 6.54 Å². The highest BCUT2D eigenvalue weighted by molar-refractivity contribution is 5.82. The molecule has 0 heterocycles. The molecule has 0 spiro atoms. The van der Waals surface area contributed by atoms with Gasteiger partial charge in [-0.2, -0.15) is 0 Å². The molecular formula is C14H26N2O3. The van der Waals surface area contributed by atoms with E-state index in [4.69, 9.17) is 5.11 Å². The number of carboxylic acid groups (broad SMARTS) is 1. The summed E-state index contributed by atoms with van der Waals surface area (Å²) in [6.45, 7) is 6.17. The third-order valence-corrected chi connectivity index (χ3v) is 3.83. The smallest absolute Gasteiger partial charge is 0.326 e. The second-order valence-electron chi connectivity index (χ2n) is 5.59. The first-order chi connectivity index (χ1) is 8.97. The Morgan fingerprint density at radius 2 is 1.84 bits per heavy atom. The van der Waals surface area contributed by atoms with Crippen LogP contribution in [0.1, 0.15) is 52.9 Å². The van der Waals surface area contributed by atoms with Gasteiger partial charge >= 0.3 is 12.0 Å². The highest BCUT2D eigenvalue weighted by Crippen LogP contribution is 2.22. The topological polar surface area (TPSA) is 69.6 Å². The number of carboxylic acids is 1. The summed E-state index contributed by atoms with van der Waals surface area (Å²) >= 11 is 0. The number of carbonyl (C=O) groups is 2. The lowest BCUT2D eigenvalue weighted by Crippen LogP contribution is -2.53. The van der Waals surface area contributed by atoms with Crippen LogP contribution in [0, 0.1) is 5.92 Å². The summed E-state index contributed by atoms with van der Waals surface area (Å²) in [7, 11) is 0. The highest BCUT2D eigenvalue weighted by Gasteiger charge is 2.29. The monoisotopic (exact) mass is 270 g/mol. The lowest BCUT2D eigenvalue weighted by Gasteiger charge is -2.34. The Kier molecular flexibility index (Phi) is 6.12. The Labute approximate surface area is 115 Å². The van der Waals surface area contributed by atoms with Gasteiger partial charge in [0.05, 0.1) is 0 Å². The van der Waals surface area contributed by atoms with Crippen molar-refractivity contribution in [2.45, 2.75) is 65.0 Å². The molecule has 0 aromatic rings. The predicted octanol–water partition coefficient (Wildman–Crippen LogP) is 2.46. The van der Waals surface area contributed by atoms with Gasteiger partial charge in [-0.25, -0.2) is 9.59 Å². The zero-order valence-corrected chi connectivity index (χ0v) is 12.2. The lowest BCUT2D eigenvalue weighted by molar-refractivity contribution is -0.140. The van der Waals surface area contributed by atoms with Gasteiger partial charge in [-0.1, -0.05) is 33.1 Å². The number of aliphatic carboxylic acids is 1. The molecule has 0 bridgehead atoms. The standard InChI is InChI=1S/C14H26N2O3/c1-4-16(11-8-6-5-7-9-11)14(19)15-12(10(2)3)13(17)18/h10-12H,4-9H2,1-3H3,(H,15,19)(H,17,18)/t12-/m0/s1. The largest absolute Gasteiger partial charge is 0.480 e. The SMILES string of the molecule is CCN(C(=O)N[C@H](C(=O)O)C(C)C)C1CCCCC1. The summed E-state index contributed by atoms with van der Waals surface area (Å²) in [6, 6.07) is -0.791. The van der Waals surface area contributed by atoms with Gasteiger partial charge in [0.1, 0.15) is 6.04 Å². The average molecular weight is 270 g/mol. The van der Waals surface area contributed by atoms with Gasteiger partial charge in [-0.3, -0.25) is 0 Å². The molecule has 1 aliphatic rings. The van der Waals surface area contributed by atoms with E-state index in [2.05, 4.69) is 5.32 Å². The molecule has 5 nitrogen and oxygen atoms in total. The zero-order valence-electron chi connectivity index (χ0n) is 12.2. The molecule has 0 saturated heterocycles. The molecule has 1 saturated carbocycles. The van der Waals surface area contributed by atoms with Crippen molar-refractivity contribution in [3.05, 3.63) is 0 Å². The fraction of sp³-hybridized carbons (Fsp3) is 0.857. The van der Waals surface area contributed by atoms with Crippen molar-refractivity contribution in [1.82, 2.24) is 10.2 Å². The van der Waals surface area contributed by atoms with Crippen molar-refractivity contribution < 1.29 is 14.7 Å². The molecule has 1 rings (SSSR count). The zero-order chi connectivity index (χ0) is 14.4. The quantitative estimate of drug-likeness (QED) is 0.806. The molecule has 2 N–H and O–H groups in total. The van der Waals surface area contributed by atoms with E-state index in [1.165, 1.54) is 6.42 Å². The minimum absolute atomic E-state index is 0.119. The Morgan fingerprint density at radius 1 is 1.26 bits per heavy atom. The van der Waals surface area contributed by atoms with E-state index in [0.29, 0.717) is 6.54 Å². The first-order valence-electron chi connectivity index (χ1n) is 7.27. The van der Waals surface area contributed by atoms with Gasteiger partial charge in [0.15, 0.2) is 0 Å². The molecule has 0 radical (unpaired) electrons. The van der Waals surface area contributed by atoms with E-state index in [1.54, 1.807) is 18.7 Å². The van der Waals surface area contributed by atoms with Crippen LogP contribution in [0.15, 0.2) is 0 Å². The molecule has 1 aliphatic carbocycles. The number of hydrogen-bond acceptors (Lipinski definition) is 2. The minimum Gasteiger partial charge on any atom is -0.480 e. The molecule has 1 atom stereocenters. The van der Waals surface area contributed by atoms with Gasteiger partial charge in [0.25, 0.3) is 0 Å². The maximum Gasteiger partial charge on any atom is 0.326 e. The normalized spacial score (nSPS) is 18.1. The first-order valence-corrected chi connectivity index (χ1v) is 7.27. The number of urea groups is 1. The number of carbonyl (C=O) groups excluding carboxylic acids is 1. The molecule has 0 aromatic carbocycles. The van der Waals surface area contributed by atoms with Crippen molar-refractivity contribution in [1.29, 1.82) is 0 Å². The summed E-state index contributed by atoms with van der Waals surface area (Å²) in [5, 5.41) is 11.8.